The van der Waals surface area contributed by atoms with E-state index >= 15 is 0 Å². The maximum absolute atomic E-state index is 13.8. The third-order valence-corrected chi connectivity index (χ3v) is 7.05. The molecule has 0 aliphatic carbocycles. The molecular weight excluding hydrogens is 474 g/mol. The van der Waals surface area contributed by atoms with Crippen molar-refractivity contribution in [3.63, 3.8) is 0 Å². The summed E-state index contributed by atoms with van der Waals surface area (Å²) in [5, 5.41) is 7.33. The van der Waals surface area contributed by atoms with E-state index in [0.717, 1.165) is 16.8 Å². The van der Waals surface area contributed by atoms with E-state index in [1.165, 1.54) is 11.3 Å². The second-order valence-corrected chi connectivity index (χ2v) is 9.53. The van der Waals surface area contributed by atoms with Gasteiger partial charge < -0.3 is 10.1 Å². The monoisotopic (exact) mass is 499 g/mol. The van der Waals surface area contributed by atoms with Crippen molar-refractivity contribution in [1.29, 1.82) is 0 Å². The second kappa shape index (κ2) is 9.43. The summed E-state index contributed by atoms with van der Waals surface area (Å²) in [5.74, 6) is 0.384. The molecule has 3 heterocycles. The number of hydrogen-bond acceptors (Lipinski definition) is 6. The number of allylic oxidation sites excluding steroid dienone is 1. The van der Waals surface area contributed by atoms with Gasteiger partial charge in [0.2, 0.25) is 0 Å². The first-order chi connectivity index (χ1) is 17.4. The molecule has 2 aromatic carbocycles. The molecule has 1 unspecified atom stereocenters. The van der Waals surface area contributed by atoms with Crippen LogP contribution >= 0.6 is 11.3 Å². The fourth-order valence-corrected chi connectivity index (χ4v) is 5.37. The van der Waals surface area contributed by atoms with Crippen molar-refractivity contribution in [2.45, 2.75) is 19.9 Å². The van der Waals surface area contributed by atoms with Crippen LogP contribution in [0.1, 0.15) is 29.8 Å². The Hall–Kier alpha value is -4.24. The second-order valence-electron chi connectivity index (χ2n) is 8.52. The minimum Gasteiger partial charge on any atom is -0.497 e. The van der Waals surface area contributed by atoms with E-state index in [1.807, 2.05) is 80.8 Å². The molecule has 4 aromatic rings. The smallest absolute Gasteiger partial charge is 0.271 e. The first-order valence-corrected chi connectivity index (χ1v) is 12.2. The fourth-order valence-electron chi connectivity index (χ4n) is 4.33. The average Bonchev–Trinajstić information content (AvgIpc) is 3.35. The van der Waals surface area contributed by atoms with E-state index in [9.17, 15) is 9.59 Å². The van der Waals surface area contributed by atoms with Gasteiger partial charge in [-0.1, -0.05) is 41.7 Å². The Morgan fingerprint density at radius 3 is 2.47 bits per heavy atom. The molecule has 8 nitrogen and oxygen atoms in total. The minimum absolute atomic E-state index is 0.208. The summed E-state index contributed by atoms with van der Waals surface area (Å²) in [7, 11) is 3.44. The van der Waals surface area contributed by atoms with Gasteiger partial charge in [-0.15, -0.1) is 0 Å². The van der Waals surface area contributed by atoms with Crippen LogP contribution < -0.4 is 24.9 Å². The number of para-hydroxylation sites is 1. The molecule has 1 aliphatic rings. The van der Waals surface area contributed by atoms with Gasteiger partial charge in [0, 0.05) is 24.5 Å². The number of carbonyl (C=O) groups is 1. The highest BCUT2D eigenvalue weighted by Gasteiger charge is 2.32. The van der Waals surface area contributed by atoms with Gasteiger partial charge in [0.25, 0.3) is 11.5 Å². The lowest BCUT2D eigenvalue weighted by atomic mass is 9.95. The van der Waals surface area contributed by atoms with Gasteiger partial charge in [0.05, 0.1) is 34.6 Å². The number of amides is 1. The molecule has 1 aliphatic heterocycles. The molecule has 9 heteroatoms. The summed E-state index contributed by atoms with van der Waals surface area (Å²) in [6.45, 7) is 3.71. The zero-order valence-corrected chi connectivity index (χ0v) is 21.2. The molecule has 0 fully saturated rings. The first kappa shape index (κ1) is 23.5. The lowest BCUT2D eigenvalue weighted by Crippen LogP contribution is -2.40. The highest BCUT2D eigenvalue weighted by atomic mass is 32.1. The van der Waals surface area contributed by atoms with Gasteiger partial charge in [-0.2, -0.15) is 5.10 Å². The predicted octanol–water partition coefficient (Wildman–Crippen LogP) is 2.92. The van der Waals surface area contributed by atoms with Crippen LogP contribution in [0.5, 0.6) is 5.75 Å². The Labute approximate surface area is 211 Å². The van der Waals surface area contributed by atoms with E-state index in [-0.39, 0.29) is 11.5 Å². The van der Waals surface area contributed by atoms with Crippen molar-refractivity contribution in [3.8, 4) is 5.75 Å². The molecule has 0 saturated carbocycles. The number of anilines is 1. The number of nitrogens with one attached hydrogen (secondary N) is 1. The zero-order chi connectivity index (χ0) is 25.4. The molecule has 182 valence electrons. The summed E-state index contributed by atoms with van der Waals surface area (Å²) in [5.41, 5.74) is 3.92. The first-order valence-electron chi connectivity index (χ1n) is 11.4. The maximum Gasteiger partial charge on any atom is 0.271 e. The maximum atomic E-state index is 13.8. The van der Waals surface area contributed by atoms with Crippen LogP contribution in [-0.2, 0) is 11.8 Å². The molecule has 5 rings (SSSR count). The number of rotatable bonds is 5. The molecule has 1 atom stereocenters. The zero-order valence-electron chi connectivity index (χ0n) is 20.4. The SMILES string of the molecule is COc1ccc(C2C(C(=O)Nc3ccccc3)=C(C)N=c3s/c(=C\c4cn(C)nc4C)c(=O)n32)cc1. The van der Waals surface area contributed by atoms with Crippen molar-refractivity contribution in [1.82, 2.24) is 14.3 Å². The van der Waals surface area contributed by atoms with Crippen LogP contribution in [0.2, 0.25) is 0 Å². The number of nitrogens with zero attached hydrogens (tertiary/aromatic N) is 4. The van der Waals surface area contributed by atoms with Crippen LogP contribution in [0.25, 0.3) is 6.08 Å². The fraction of sp³-hybridized carbons (Fsp3) is 0.185. The summed E-state index contributed by atoms with van der Waals surface area (Å²) in [6, 6.07) is 16.0. The molecule has 0 radical (unpaired) electrons. The minimum atomic E-state index is -0.645. The standard InChI is InChI=1S/C27H25N5O3S/c1-16-19(15-31(3)30-16)14-22-26(34)32-24(18-10-12-21(35-4)13-11-18)23(17(2)28-27(32)36-22)25(33)29-20-8-6-5-7-9-20/h5-15,24H,1-4H3,(H,29,33)/b22-14-. The highest BCUT2D eigenvalue weighted by molar-refractivity contribution is 7.07. The van der Waals surface area contributed by atoms with E-state index in [4.69, 9.17) is 4.74 Å². The molecule has 1 N–H and O–H groups in total. The summed E-state index contributed by atoms with van der Waals surface area (Å²) in [6.07, 6.45) is 3.71. The van der Waals surface area contributed by atoms with Crippen LogP contribution in [0.15, 0.2) is 81.9 Å². The summed E-state index contributed by atoms with van der Waals surface area (Å²) in [4.78, 5) is 32.5. The van der Waals surface area contributed by atoms with E-state index < -0.39 is 6.04 Å². The molecule has 0 spiro atoms. The molecule has 36 heavy (non-hydrogen) atoms. The Kier molecular flexibility index (Phi) is 6.15. The number of aromatic nitrogens is 3. The molecular formula is C27H25N5O3S. The van der Waals surface area contributed by atoms with Gasteiger partial charge >= 0.3 is 0 Å². The van der Waals surface area contributed by atoms with Gasteiger partial charge in [-0.05, 0) is 49.8 Å². The number of benzene rings is 2. The number of hydrogen-bond donors (Lipinski definition) is 1. The predicted molar refractivity (Wildman–Crippen MR) is 140 cm³/mol. The lowest BCUT2D eigenvalue weighted by molar-refractivity contribution is -0.113. The van der Waals surface area contributed by atoms with Gasteiger partial charge in [-0.3, -0.25) is 18.8 Å². The van der Waals surface area contributed by atoms with Crippen molar-refractivity contribution in [3.05, 3.63) is 109 Å². The number of ether oxygens (including phenoxy) is 1. The van der Waals surface area contributed by atoms with E-state index in [0.29, 0.717) is 32.0 Å². The normalized spacial score (nSPS) is 15.4. The molecule has 0 bridgehead atoms. The van der Waals surface area contributed by atoms with Crippen molar-refractivity contribution in [2.75, 3.05) is 12.4 Å². The van der Waals surface area contributed by atoms with Crippen molar-refractivity contribution >= 4 is 29.0 Å². The van der Waals surface area contributed by atoms with Gasteiger partial charge in [0.15, 0.2) is 4.80 Å². The quantitative estimate of drug-likeness (QED) is 0.457. The summed E-state index contributed by atoms with van der Waals surface area (Å²) >= 11 is 1.30. The summed E-state index contributed by atoms with van der Waals surface area (Å²) < 4.78 is 9.17. The number of carbonyl (C=O) groups excluding carboxylic acids is 1. The Morgan fingerprint density at radius 1 is 1.11 bits per heavy atom. The Balaban J connectivity index is 1.68. The lowest BCUT2D eigenvalue weighted by Gasteiger charge is -2.25. The van der Waals surface area contributed by atoms with Crippen LogP contribution in [-0.4, -0.2) is 27.4 Å². The Morgan fingerprint density at radius 2 is 1.83 bits per heavy atom. The average molecular weight is 500 g/mol. The van der Waals surface area contributed by atoms with Crippen LogP contribution in [0, 0.1) is 6.92 Å². The van der Waals surface area contributed by atoms with E-state index in [1.54, 1.807) is 23.3 Å². The topological polar surface area (TPSA) is 90.5 Å². The molecule has 1 amide bonds. The largest absolute Gasteiger partial charge is 0.497 e. The number of aryl methyl sites for hydroxylation is 2. The van der Waals surface area contributed by atoms with Crippen LogP contribution in [0.3, 0.4) is 0 Å². The number of methoxy groups -OCH3 is 1. The molecule has 0 saturated heterocycles. The van der Waals surface area contributed by atoms with Crippen molar-refractivity contribution < 1.29 is 9.53 Å². The van der Waals surface area contributed by atoms with Gasteiger partial charge in [-0.25, -0.2) is 4.99 Å². The third kappa shape index (κ3) is 4.29. The highest BCUT2D eigenvalue weighted by Crippen LogP contribution is 2.31. The van der Waals surface area contributed by atoms with E-state index in [2.05, 4.69) is 15.4 Å². The van der Waals surface area contributed by atoms with Crippen LogP contribution in [0.4, 0.5) is 5.69 Å². The number of thiazole rings is 1. The number of fused-ring (bicyclic) bond motifs is 1. The van der Waals surface area contributed by atoms with Gasteiger partial charge in [0.1, 0.15) is 5.75 Å². The van der Waals surface area contributed by atoms with Crippen molar-refractivity contribution in [2.24, 2.45) is 12.0 Å². The molecule has 2 aromatic heterocycles. The Bertz CT molecular complexity index is 1660. The third-order valence-electron chi connectivity index (χ3n) is 6.07.